The van der Waals surface area contributed by atoms with E-state index in [-0.39, 0.29) is 0 Å². The molecule has 0 saturated heterocycles. The predicted octanol–water partition coefficient (Wildman–Crippen LogP) is 2.58. The van der Waals surface area contributed by atoms with Crippen LogP contribution in [-0.2, 0) is 0 Å². The van der Waals surface area contributed by atoms with Gasteiger partial charge < -0.3 is 10.2 Å². The van der Waals surface area contributed by atoms with Gasteiger partial charge in [0, 0.05) is 13.2 Å². The molecule has 0 bridgehead atoms. The molecule has 1 saturated carbocycles. The monoisotopic (exact) mass is 214 g/mol. The van der Waals surface area contributed by atoms with Crippen molar-refractivity contribution in [3.8, 4) is 0 Å². The van der Waals surface area contributed by atoms with Crippen molar-refractivity contribution in [2.24, 2.45) is 17.8 Å². The zero-order valence-corrected chi connectivity index (χ0v) is 9.99. The van der Waals surface area contributed by atoms with Crippen LogP contribution in [0.25, 0.3) is 0 Å². The lowest BCUT2D eigenvalue weighted by molar-refractivity contribution is 0.125. The van der Waals surface area contributed by atoms with E-state index in [1.54, 1.807) is 0 Å². The van der Waals surface area contributed by atoms with Crippen molar-refractivity contribution in [1.29, 1.82) is 0 Å². The molecule has 1 aliphatic rings. The van der Waals surface area contributed by atoms with Crippen LogP contribution < -0.4 is 0 Å². The van der Waals surface area contributed by atoms with E-state index in [9.17, 15) is 0 Å². The van der Waals surface area contributed by atoms with Gasteiger partial charge in [-0.2, -0.15) is 0 Å². The summed E-state index contributed by atoms with van der Waals surface area (Å²) in [6, 6.07) is 0. The Morgan fingerprint density at radius 2 is 1.67 bits per heavy atom. The van der Waals surface area contributed by atoms with E-state index in [4.69, 9.17) is 10.2 Å². The third kappa shape index (κ3) is 4.12. The lowest BCUT2D eigenvalue weighted by Crippen LogP contribution is -2.27. The fourth-order valence-corrected chi connectivity index (χ4v) is 3.15. The molecule has 0 amide bonds. The fraction of sp³-hybridized carbons (Fsp3) is 1.00. The van der Waals surface area contributed by atoms with Gasteiger partial charge in [-0.3, -0.25) is 0 Å². The molecule has 0 aromatic rings. The summed E-state index contributed by atoms with van der Waals surface area (Å²) in [5.41, 5.74) is 0. The van der Waals surface area contributed by atoms with Crippen LogP contribution in [0.5, 0.6) is 0 Å². The van der Waals surface area contributed by atoms with Crippen molar-refractivity contribution in [2.75, 3.05) is 13.2 Å². The van der Waals surface area contributed by atoms with Gasteiger partial charge in [0.25, 0.3) is 0 Å². The van der Waals surface area contributed by atoms with Gasteiger partial charge in [-0.05, 0) is 43.4 Å². The van der Waals surface area contributed by atoms with E-state index in [0.29, 0.717) is 13.2 Å². The Balaban J connectivity index is 2.40. The molecule has 1 fully saturated rings. The molecule has 2 nitrogen and oxygen atoms in total. The SMILES string of the molecule is C[C@H]1CCC[C@H](CCCO)[C@H]1CCCO. The summed E-state index contributed by atoms with van der Waals surface area (Å²) in [6.07, 6.45) is 8.29. The van der Waals surface area contributed by atoms with E-state index in [2.05, 4.69) is 6.92 Å². The minimum atomic E-state index is 0.329. The highest BCUT2D eigenvalue weighted by molar-refractivity contribution is 4.80. The highest BCUT2D eigenvalue weighted by atomic mass is 16.3. The first-order chi connectivity index (χ1) is 7.29. The number of aliphatic hydroxyl groups excluding tert-OH is 2. The van der Waals surface area contributed by atoms with Crippen molar-refractivity contribution < 1.29 is 10.2 Å². The molecule has 1 rings (SSSR count). The highest BCUT2D eigenvalue weighted by Crippen LogP contribution is 2.39. The lowest BCUT2D eigenvalue weighted by Gasteiger charge is -2.36. The minimum absolute atomic E-state index is 0.329. The molecule has 1 aliphatic carbocycles. The summed E-state index contributed by atoms with van der Waals surface area (Å²) in [6.45, 7) is 3.01. The normalized spacial score (nSPS) is 31.8. The van der Waals surface area contributed by atoms with Gasteiger partial charge in [-0.15, -0.1) is 0 Å². The zero-order valence-electron chi connectivity index (χ0n) is 9.99. The van der Waals surface area contributed by atoms with E-state index >= 15 is 0 Å². The Morgan fingerprint density at radius 3 is 2.33 bits per heavy atom. The summed E-state index contributed by atoms with van der Waals surface area (Å²) in [5.74, 6) is 2.40. The van der Waals surface area contributed by atoms with Crippen molar-refractivity contribution in [2.45, 2.75) is 51.9 Å². The zero-order chi connectivity index (χ0) is 11.1. The van der Waals surface area contributed by atoms with Crippen molar-refractivity contribution in [3.63, 3.8) is 0 Å². The van der Waals surface area contributed by atoms with Crippen LogP contribution in [0.4, 0.5) is 0 Å². The average molecular weight is 214 g/mol. The highest BCUT2D eigenvalue weighted by Gasteiger charge is 2.29. The van der Waals surface area contributed by atoms with Gasteiger partial charge in [0.05, 0.1) is 0 Å². The first kappa shape index (κ1) is 13.0. The Hall–Kier alpha value is -0.0800. The molecule has 15 heavy (non-hydrogen) atoms. The molecule has 0 unspecified atom stereocenters. The first-order valence-corrected chi connectivity index (χ1v) is 6.51. The molecular formula is C13H26O2. The predicted molar refractivity (Wildman–Crippen MR) is 62.6 cm³/mol. The van der Waals surface area contributed by atoms with Gasteiger partial charge in [0.1, 0.15) is 0 Å². The van der Waals surface area contributed by atoms with Gasteiger partial charge in [0.2, 0.25) is 0 Å². The van der Waals surface area contributed by atoms with Gasteiger partial charge in [0.15, 0.2) is 0 Å². The standard InChI is InChI=1S/C13H26O2/c1-11-5-2-6-12(7-3-9-14)13(11)8-4-10-15/h11-15H,2-10H2,1H3/t11-,12+,13-/m0/s1. The third-order valence-corrected chi connectivity index (χ3v) is 4.00. The first-order valence-electron chi connectivity index (χ1n) is 6.51. The van der Waals surface area contributed by atoms with Crippen molar-refractivity contribution in [3.05, 3.63) is 0 Å². The topological polar surface area (TPSA) is 40.5 Å². The molecule has 0 radical (unpaired) electrons. The summed E-state index contributed by atoms with van der Waals surface area (Å²) < 4.78 is 0. The maximum absolute atomic E-state index is 8.91. The van der Waals surface area contributed by atoms with Crippen LogP contribution in [-0.4, -0.2) is 23.4 Å². The maximum atomic E-state index is 8.91. The summed E-state index contributed by atoms with van der Waals surface area (Å²) in [4.78, 5) is 0. The van der Waals surface area contributed by atoms with Crippen LogP contribution in [0.3, 0.4) is 0 Å². The molecule has 3 atom stereocenters. The number of hydrogen-bond acceptors (Lipinski definition) is 2. The minimum Gasteiger partial charge on any atom is -0.396 e. The molecule has 90 valence electrons. The summed E-state index contributed by atoms with van der Waals surface area (Å²) in [5, 5.41) is 17.8. The molecule has 0 aromatic heterocycles. The van der Waals surface area contributed by atoms with Crippen molar-refractivity contribution >= 4 is 0 Å². The summed E-state index contributed by atoms with van der Waals surface area (Å²) >= 11 is 0. The van der Waals surface area contributed by atoms with Gasteiger partial charge >= 0.3 is 0 Å². The van der Waals surface area contributed by atoms with E-state index in [0.717, 1.165) is 30.6 Å². The molecule has 2 heteroatoms. The largest absolute Gasteiger partial charge is 0.396 e. The Bertz CT molecular complexity index is 159. The second-order valence-electron chi connectivity index (χ2n) is 5.06. The van der Waals surface area contributed by atoms with E-state index < -0.39 is 0 Å². The van der Waals surface area contributed by atoms with E-state index in [1.807, 2.05) is 0 Å². The van der Waals surface area contributed by atoms with Crippen molar-refractivity contribution in [1.82, 2.24) is 0 Å². The quantitative estimate of drug-likeness (QED) is 0.713. The number of rotatable bonds is 6. The second kappa shape index (κ2) is 7.24. The Labute approximate surface area is 93.7 Å². The third-order valence-electron chi connectivity index (χ3n) is 4.00. The lowest BCUT2D eigenvalue weighted by atomic mass is 9.69. The fourth-order valence-electron chi connectivity index (χ4n) is 3.15. The molecule has 2 N–H and O–H groups in total. The van der Waals surface area contributed by atoms with Gasteiger partial charge in [-0.1, -0.05) is 26.2 Å². The molecule has 0 spiro atoms. The van der Waals surface area contributed by atoms with Crippen LogP contribution in [0.1, 0.15) is 51.9 Å². The molecule has 0 heterocycles. The molecule has 0 aliphatic heterocycles. The smallest absolute Gasteiger partial charge is 0.0431 e. The van der Waals surface area contributed by atoms with Gasteiger partial charge in [-0.25, -0.2) is 0 Å². The number of hydrogen-bond donors (Lipinski definition) is 2. The average Bonchev–Trinajstić information content (AvgIpc) is 2.25. The summed E-state index contributed by atoms with van der Waals surface area (Å²) in [7, 11) is 0. The van der Waals surface area contributed by atoms with Crippen LogP contribution in [0, 0.1) is 17.8 Å². The number of aliphatic hydroxyl groups is 2. The molecular weight excluding hydrogens is 188 g/mol. The van der Waals surface area contributed by atoms with E-state index in [1.165, 1.54) is 32.1 Å². The Kier molecular flexibility index (Phi) is 6.26. The Morgan fingerprint density at radius 1 is 1.00 bits per heavy atom. The molecule has 0 aromatic carbocycles. The van der Waals surface area contributed by atoms with Crippen LogP contribution >= 0.6 is 0 Å². The maximum Gasteiger partial charge on any atom is 0.0431 e. The van der Waals surface area contributed by atoms with Crippen LogP contribution in [0.15, 0.2) is 0 Å². The van der Waals surface area contributed by atoms with Crippen LogP contribution in [0.2, 0.25) is 0 Å². The second-order valence-corrected chi connectivity index (χ2v) is 5.06.